The number of hydrogen-bond acceptors (Lipinski definition) is 1. The largest absolute Gasteiger partial charge is 0.292 e. The maximum Gasteiger partial charge on any atom is 0.146 e. The highest BCUT2D eigenvalue weighted by molar-refractivity contribution is 7.79. The molecule has 0 saturated carbocycles. The van der Waals surface area contributed by atoms with Crippen molar-refractivity contribution in [1.82, 2.24) is 9.38 Å². The van der Waals surface area contributed by atoms with Crippen LogP contribution in [0, 0.1) is 0 Å². The van der Waals surface area contributed by atoms with Crippen molar-refractivity contribution in [3.8, 4) is 0 Å². The second kappa shape index (κ2) is 12.3. The van der Waals surface area contributed by atoms with Crippen LogP contribution in [0.2, 0.25) is 0 Å². The van der Waals surface area contributed by atoms with Gasteiger partial charge in [0.15, 0.2) is 0 Å². The zero-order valence-electron chi connectivity index (χ0n) is 26.2. The number of imidazole rings is 1. The Kier molecular flexibility index (Phi) is 7.57. The third-order valence-electron chi connectivity index (χ3n) is 8.79. The summed E-state index contributed by atoms with van der Waals surface area (Å²) in [6.45, 7) is 6.62. The van der Waals surface area contributed by atoms with Gasteiger partial charge in [0.25, 0.3) is 0 Å². The molecule has 2 nitrogen and oxygen atoms in total. The molecule has 47 heavy (non-hydrogen) atoms. The van der Waals surface area contributed by atoms with Crippen molar-refractivity contribution in [3.05, 3.63) is 188 Å². The minimum atomic E-state index is -0.654. The van der Waals surface area contributed by atoms with Gasteiger partial charge < -0.3 is 0 Å². The molecular formula is C44H33N2P. The van der Waals surface area contributed by atoms with Crippen LogP contribution in [0.5, 0.6) is 0 Å². The fourth-order valence-electron chi connectivity index (χ4n) is 6.59. The molecule has 0 radical (unpaired) electrons. The second-order valence-electron chi connectivity index (χ2n) is 11.7. The number of benzene rings is 6. The average molecular weight is 621 g/mol. The minimum absolute atomic E-state index is 0.654. The molecule has 0 N–H and O–H groups in total. The number of para-hydroxylation sites is 3. The van der Waals surface area contributed by atoms with E-state index in [4.69, 9.17) is 4.98 Å². The van der Waals surface area contributed by atoms with E-state index in [0.29, 0.717) is 0 Å². The average Bonchev–Trinajstić information content (AvgIpc) is 3.53. The summed E-state index contributed by atoms with van der Waals surface area (Å²) in [6.07, 6.45) is 6.47. The van der Waals surface area contributed by atoms with Crippen molar-refractivity contribution >= 4 is 73.3 Å². The van der Waals surface area contributed by atoms with E-state index in [-0.39, 0.29) is 0 Å². The van der Waals surface area contributed by atoms with E-state index in [0.717, 1.165) is 49.9 Å². The topological polar surface area (TPSA) is 17.3 Å². The van der Waals surface area contributed by atoms with Gasteiger partial charge in [-0.25, -0.2) is 4.98 Å². The van der Waals surface area contributed by atoms with E-state index in [1.807, 2.05) is 0 Å². The normalized spacial score (nSPS) is 12.3. The molecule has 6 aromatic carbocycles. The van der Waals surface area contributed by atoms with Gasteiger partial charge >= 0.3 is 0 Å². The van der Waals surface area contributed by atoms with Gasteiger partial charge in [-0.1, -0.05) is 146 Å². The first kappa shape index (κ1) is 28.9. The second-order valence-corrected chi connectivity index (χ2v) is 13.9. The number of aromatic nitrogens is 2. The first-order valence-electron chi connectivity index (χ1n) is 16.0. The maximum atomic E-state index is 5.11. The fraction of sp³-hybridized carbons (Fsp3) is 0.0227. The lowest BCUT2D eigenvalue weighted by Crippen LogP contribution is -2.20. The van der Waals surface area contributed by atoms with Crippen molar-refractivity contribution in [3.63, 3.8) is 0 Å². The monoisotopic (exact) mass is 620 g/mol. The smallest absolute Gasteiger partial charge is 0.146 e. The molecule has 0 bridgehead atoms. The van der Waals surface area contributed by atoms with Crippen LogP contribution in [0.4, 0.5) is 0 Å². The van der Waals surface area contributed by atoms with Gasteiger partial charge in [0.2, 0.25) is 0 Å². The molecule has 2 heterocycles. The van der Waals surface area contributed by atoms with Crippen LogP contribution < -0.4 is 15.9 Å². The van der Waals surface area contributed by atoms with E-state index >= 15 is 0 Å². The van der Waals surface area contributed by atoms with Crippen molar-refractivity contribution < 1.29 is 0 Å². The summed E-state index contributed by atoms with van der Waals surface area (Å²) < 4.78 is 2.29. The SMILES string of the molecule is C=C(/C=C(\C=C/C)c1ccc(P(c2ccccc2)c2ccccc2)cc1)c1ccc2c3ccccc3n3c4ccccc4nc3c2c1. The summed E-state index contributed by atoms with van der Waals surface area (Å²) in [7, 11) is -0.654. The Morgan fingerprint density at radius 2 is 1.19 bits per heavy atom. The van der Waals surface area contributed by atoms with E-state index in [2.05, 4.69) is 188 Å². The molecule has 0 aliphatic heterocycles. The fourth-order valence-corrected chi connectivity index (χ4v) is 8.88. The maximum absolute atomic E-state index is 5.11. The van der Waals surface area contributed by atoms with Crippen LogP contribution in [0.15, 0.2) is 176 Å². The highest BCUT2D eigenvalue weighted by Crippen LogP contribution is 2.36. The first-order valence-corrected chi connectivity index (χ1v) is 17.3. The Labute approximate surface area is 276 Å². The molecule has 0 unspecified atom stereocenters. The molecule has 0 amide bonds. The van der Waals surface area contributed by atoms with E-state index in [1.165, 1.54) is 26.7 Å². The number of allylic oxidation sites excluding steroid dienone is 5. The van der Waals surface area contributed by atoms with Gasteiger partial charge in [0.1, 0.15) is 5.65 Å². The van der Waals surface area contributed by atoms with Crippen LogP contribution in [-0.4, -0.2) is 9.38 Å². The molecule has 3 heteroatoms. The molecule has 224 valence electrons. The van der Waals surface area contributed by atoms with Gasteiger partial charge in [-0.05, 0) is 88.8 Å². The molecule has 0 aliphatic rings. The third kappa shape index (κ3) is 5.27. The number of rotatable bonds is 7. The number of pyridine rings is 1. The van der Waals surface area contributed by atoms with E-state index in [9.17, 15) is 0 Å². The van der Waals surface area contributed by atoms with Gasteiger partial charge in [-0.15, -0.1) is 0 Å². The number of nitrogens with zero attached hydrogens (tertiary/aromatic N) is 2. The predicted molar refractivity (Wildman–Crippen MR) is 205 cm³/mol. The van der Waals surface area contributed by atoms with Gasteiger partial charge in [-0.3, -0.25) is 4.40 Å². The molecule has 2 aromatic heterocycles. The summed E-state index contributed by atoms with van der Waals surface area (Å²) in [5.41, 5.74) is 8.58. The Morgan fingerprint density at radius 3 is 1.89 bits per heavy atom. The predicted octanol–water partition coefficient (Wildman–Crippen LogP) is 10.2. The lowest BCUT2D eigenvalue weighted by Gasteiger charge is -2.19. The van der Waals surface area contributed by atoms with Crippen LogP contribution in [0.3, 0.4) is 0 Å². The van der Waals surface area contributed by atoms with Crippen molar-refractivity contribution in [1.29, 1.82) is 0 Å². The van der Waals surface area contributed by atoms with Gasteiger partial charge in [0.05, 0.1) is 16.6 Å². The molecule has 0 saturated heterocycles. The molecule has 0 atom stereocenters. The summed E-state index contributed by atoms with van der Waals surface area (Å²) in [4.78, 5) is 5.11. The lowest BCUT2D eigenvalue weighted by molar-refractivity contribution is 1.31. The molecule has 0 spiro atoms. The zero-order valence-corrected chi connectivity index (χ0v) is 27.1. The third-order valence-corrected chi connectivity index (χ3v) is 11.2. The van der Waals surface area contributed by atoms with Crippen LogP contribution in [-0.2, 0) is 0 Å². The Hall–Kier alpha value is -5.56. The first-order chi connectivity index (χ1) is 23.2. The van der Waals surface area contributed by atoms with Gasteiger partial charge in [0, 0.05) is 10.8 Å². The lowest BCUT2D eigenvalue weighted by atomic mass is 9.97. The Balaban J connectivity index is 1.20. The van der Waals surface area contributed by atoms with Crippen LogP contribution in [0.25, 0.3) is 49.5 Å². The molecule has 8 rings (SSSR count). The van der Waals surface area contributed by atoms with Gasteiger partial charge in [-0.2, -0.15) is 0 Å². The van der Waals surface area contributed by atoms with E-state index < -0.39 is 7.92 Å². The van der Waals surface area contributed by atoms with Crippen LogP contribution in [0.1, 0.15) is 18.1 Å². The standard InChI is InChI=1S/C44H33N2P/c1-3-14-34(32-23-26-37(27-24-32)47(35-15-6-4-7-16-35)36-17-8-5-9-18-36)29-31(2)33-25-28-38-39-19-10-12-21-42(39)46-43-22-13-11-20-41(43)45-44(46)40(38)30-33/h3-30H,2H2,1H3/b14-3-,34-29+. The molecule has 0 fully saturated rings. The summed E-state index contributed by atoms with van der Waals surface area (Å²) >= 11 is 0. The Bertz CT molecular complexity index is 2430. The number of hydrogen-bond donors (Lipinski definition) is 0. The zero-order chi connectivity index (χ0) is 31.7. The van der Waals surface area contributed by atoms with Crippen molar-refractivity contribution in [2.24, 2.45) is 0 Å². The molecule has 8 aromatic rings. The summed E-state index contributed by atoms with van der Waals surface area (Å²) in [6, 6.07) is 54.4. The Morgan fingerprint density at radius 1 is 0.596 bits per heavy atom. The minimum Gasteiger partial charge on any atom is -0.292 e. The quantitative estimate of drug-likeness (QED) is 0.0985. The molecule has 0 aliphatic carbocycles. The summed E-state index contributed by atoms with van der Waals surface area (Å²) in [5, 5.41) is 7.56. The van der Waals surface area contributed by atoms with Crippen molar-refractivity contribution in [2.75, 3.05) is 0 Å². The number of fused-ring (bicyclic) bond motifs is 8. The highest BCUT2D eigenvalue weighted by atomic mass is 31.1. The van der Waals surface area contributed by atoms with E-state index in [1.54, 1.807) is 0 Å². The van der Waals surface area contributed by atoms with Crippen LogP contribution >= 0.6 is 7.92 Å². The highest BCUT2D eigenvalue weighted by Gasteiger charge is 2.17. The summed E-state index contributed by atoms with van der Waals surface area (Å²) in [5.74, 6) is 0. The molecular weight excluding hydrogens is 587 g/mol. The van der Waals surface area contributed by atoms with Crippen molar-refractivity contribution in [2.45, 2.75) is 6.92 Å².